The second-order valence-corrected chi connectivity index (χ2v) is 12.9. The van der Waals surface area contributed by atoms with Crippen molar-refractivity contribution in [1.82, 2.24) is 10.3 Å². The van der Waals surface area contributed by atoms with Gasteiger partial charge in [0, 0.05) is 43.7 Å². The number of methoxy groups -OCH3 is 1. The number of phenols is 1. The van der Waals surface area contributed by atoms with E-state index in [1.807, 2.05) is 30.5 Å². The van der Waals surface area contributed by atoms with Gasteiger partial charge in [-0.3, -0.25) is 14.4 Å². The third-order valence-corrected chi connectivity index (χ3v) is 9.32. The largest absolute Gasteiger partial charge is 0.508 e. The van der Waals surface area contributed by atoms with E-state index in [9.17, 15) is 19.5 Å². The maximum atomic E-state index is 13.6. The summed E-state index contributed by atoms with van der Waals surface area (Å²) >= 11 is 8.70. The van der Waals surface area contributed by atoms with Crippen molar-refractivity contribution >= 4 is 69.3 Å². The first-order valence-electron chi connectivity index (χ1n) is 14.8. The van der Waals surface area contributed by atoms with E-state index in [4.69, 9.17) is 16.3 Å². The molecule has 0 saturated carbocycles. The Hall–Kier alpha value is -5.10. The predicted molar refractivity (Wildman–Crippen MR) is 193 cm³/mol. The number of nitrogens with one attached hydrogen (secondary N) is 3. The van der Waals surface area contributed by atoms with E-state index in [0.717, 1.165) is 16.2 Å². The van der Waals surface area contributed by atoms with Gasteiger partial charge in [-0.1, -0.05) is 54.9 Å². The molecule has 9 nitrogen and oxygen atoms in total. The van der Waals surface area contributed by atoms with Gasteiger partial charge in [0.25, 0.3) is 11.8 Å². The number of thiazole rings is 1. The molecule has 1 unspecified atom stereocenters. The molecule has 244 valence electrons. The number of phenolic OH excluding ortho intramolecular Hbond substituents is 1. The van der Waals surface area contributed by atoms with Gasteiger partial charge >= 0.3 is 0 Å². The lowest BCUT2D eigenvalue weighted by Gasteiger charge is -2.15. The minimum Gasteiger partial charge on any atom is -0.508 e. The third kappa shape index (κ3) is 9.03. The Morgan fingerprint density at radius 2 is 1.75 bits per heavy atom. The second kappa shape index (κ2) is 16.1. The standard InChI is InChI=1S/C36H31ClN4O5S2/c1-3-32(35(45)41-36-40-30(21-47-36)22-12-15-25(37)16-13-22)48-28-11-7-10-26(19-28)38-34(44)29(39-33(43)23-8-5-4-6-9-23)18-24-14-17-27(42)20-31(24)46-2/h4-21,32,42H,3H2,1-2H3,(H,38,44)(H,39,43)(H,40,41,45)/b29-18+. The number of thioether (sulfide) groups is 1. The number of halogens is 1. The van der Waals surface area contributed by atoms with Crippen LogP contribution in [0.4, 0.5) is 10.8 Å². The van der Waals surface area contributed by atoms with E-state index >= 15 is 0 Å². The summed E-state index contributed by atoms with van der Waals surface area (Å²) in [7, 11) is 1.44. The van der Waals surface area contributed by atoms with Crippen molar-refractivity contribution < 1.29 is 24.2 Å². The molecule has 0 fully saturated rings. The number of amides is 3. The van der Waals surface area contributed by atoms with Crippen LogP contribution in [-0.4, -0.2) is 40.2 Å². The highest BCUT2D eigenvalue weighted by Crippen LogP contribution is 2.31. The van der Waals surface area contributed by atoms with E-state index in [-0.39, 0.29) is 17.4 Å². The molecule has 0 bridgehead atoms. The molecule has 0 radical (unpaired) electrons. The number of anilines is 2. The number of benzene rings is 4. The van der Waals surface area contributed by atoms with Crippen molar-refractivity contribution in [2.24, 2.45) is 0 Å². The van der Waals surface area contributed by atoms with E-state index < -0.39 is 17.1 Å². The van der Waals surface area contributed by atoms with Crippen LogP contribution in [0.15, 0.2) is 113 Å². The van der Waals surface area contributed by atoms with E-state index in [0.29, 0.717) is 39.1 Å². The molecule has 48 heavy (non-hydrogen) atoms. The van der Waals surface area contributed by atoms with Crippen molar-refractivity contribution in [3.63, 3.8) is 0 Å². The van der Waals surface area contributed by atoms with Crippen molar-refractivity contribution in [3.8, 4) is 22.8 Å². The fraction of sp³-hybridized carbons (Fsp3) is 0.111. The first kappa shape index (κ1) is 34.2. The summed E-state index contributed by atoms with van der Waals surface area (Å²) in [6, 6.07) is 27.4. The quantitative estimate of drug-likeness (QED) is 0.0765. The zero-order valence-electron chi connectivity index (χ0n) is 25.9. The summed E-state index contributed by atoms with van der Waals surface area (Å²) in [6.07, 6.45) is 2.02. The molecule has 0 spiro atoms. The van der Waals surface area contributed by atoms with Crippen LogP contribution in [0.25, 0.3) is 17.3 Å². The minimum atomic E-state index is -0.582. The summed E-state index contributed by atoms with van der Waals surface area (Å²) in [5.74, 6) is -0.940. The van der Waals surface area contributed by atoms with Crippen LogP contribution in [0.5, 0.6) is 11.5 Å². The highest BCUT2D eigenvalue weighted by Gasteiger charge is 2.21. The molecular weight excluding hydrogens is 668 g/mol. The Labute approximate surface area is 291 Å². The zero-order chi connectivity index (χ0) is 34.0. The monoisotopic (exact) mass is 698 g/mol. The topological polar surface area (TPSA) is 130 Å². The average molecular weight is 699 g/mol. The van der Waals surface area contributed by atoms with Crippen molar-refractivity contribution in [2.45, 2.75) is 23.5 Å². The molecule has 0 aliphatic carbocycles. The highest BCUT2D eigenvalue weighted by molar-refractivity contribution is 8.00. The lowest BCUT2D eigenvalue weighted by atomic mass is 10.1. The van der Waals surface area contributed by atoms with Gasteiger partial charge in [-0.2, -0.15) is 0 Å². The van der Waals surface area contributed by atoms with Crippen LogP contribution in [0.3, 0.4) is 0 Å². The molecule has 5 aromatic rings. The zero-order valence-corrected chi connectivity index (χ0v) is 28.3. The predicted octanol–water partition coefficient (Wildman–Crippen LogP) is 8.10. The van der Waals surface area contributed by atoms with Crippen LogP contribution in [-0.2, 0) is 9.59 Å². The number of aromatic hydroxyl groups is 1. The van der Waals surface area contributed by atoms with Gasteiger partial charge in [0.05, 0.1) is 18.1 Å². The number of carbonyl (C=O) groups excluding carboxylic acids is 3. The number of carbonyl (C=O) groups is 3. The number of aromatic nitrogens is 1. The Kier molecular flexibility index (Phi) is 11.5. The van der Waals surface area contributed by atoms with Crippen molar-refractivity contribution in [2.75, 3.05) is 17.7 Å². The smallest absolute Gasteiger partial charge is 0.272 e. The SMILES string of the molecule is CCC(Sc1cccc(NC(=O)/C(=C\c2ccc(O)cc2OC)NC(=O)c2ccccc2)c1)C(=O)Nc1nc(-c2ccc(Cl)cc2)cs1. The Bertz CT molecular complexity index is 1950. The van der Waals surface area contributed by atoms with E-state index in [2.05, 4.69) is 20.9 Å². The average Bonchev–Trinajstić information content (AvgIpc) is 3.56. The molecule has 4 aromatic carbocycles. The lowest BCUT2D eigenvalue weighted by Crippen LogP contribution is -2.30. The minimum absolute atomic E-state index is 0.00829. The number of nitrogens with zero attached hydrogens (tertiary/aromatic N) is 1. The molecule has 1 aromatic heterocycles. The van der Waals surface area contributed by atoms with E-state index in [1.54, 1.807) is 66.7 Å². The van der Waals surface area contributed by atoms with E-state index in [1.165, 1.54) is 48.4 Å². The van der Waals surface area contributed by atoms with Gasteiger partial charge in [0.1, 0.15) is 17.2 Å². The second-order valence-electron chi connectivity index (χ2n) is 10.3. The van der Waals surface area contributed by atoms with Gasteiger partial charge in [-0.25, -0.2) is 4.98 Å². The Morgan fingerprint density at radius 3 is 2.48 bits per heavy atom. The van der Waals surface area contributed by atoms with Gasteiger partial charge in [0.15, 0.2) is 5.13 Å². The molecule has 0 aliphatic rings. The van der Waals surface area contributed by atoms with Crippen molar-refractivity contribution in [1.29, 1.82) is 0 Å². The molecule has 1 atom stereocenters. The molecule has 0 saturated heterocycles. The van der Waals surface area contributed by atoms with Gasteiger partial charge in [0.2, 0.25) is 5.91 Å². The normalized spacial score (nSPS) is 11.8. The fourth-order valence-electron chi connectivity index (χ4n) is 4.52. The molecule has 0 aliphatic heterocycles. The number of hydrogen-bond acceptors (Lipinski definition) is 8. The third-order valence-electron chi connectivity index (χ3n) is 6.95. The molecule has 4 N–H and O–H groups in total. The Balaban J connectivity index is 1.30. The van der Waals surface area contributed by atoms with Gasteiger partial charge in [-0.15, -0.1) is 23.1 Å². The van der Waals surface area contributed by atoms with Crippen LogP contribution < -0.4 is 20.7 Å². The van der Waals surface area contributed by atoms with Gasteiger partial charge < -0.3 is 25.8 Å². The molecule has 12 heteroatoms. The van der Waals surface area contributed by atoms with Crippen molar-refractivity contribution in [3.05, 3.63) is 124 Å². The van der Waals surface area contributed by atoms with Crippen LogP contribution in [0, 0.1) is 0 Å². The van der Waals surface area contributed by atoms with Crippen LogP contribution in [0.2, 0.25) is 5.02 Å². The summed E-state index contributed by atoms with van der Waals surface area (Å²) in [5.41, 5.74) is 2.90. The van der Waals surface area contributed by atoms with Crippen LogP contribution >= 0.6 is 34.7 Å². The first-order chi connectivity index (χ1) is 23.2. The maximum absolute atomic E-state index is 13.6. The molecule has 3 amide bonds. The molecule has 5 rings (SSSR count). The van der Waals surface area contributed by atoms with Crippen LogP contribution in [0.1, 0.15) is 29.3 Å². The summed E-state index contributed by atoms with van der Waals surface area (Å²) < 4.78 is 5.37. The Morgan fingerprint density at radius 1 is 0.979 bits per heavy atom. The molecule has 1 heterocycles. The maximum Gasteiger partial charge on any atom is 0.272 e. The summed E-state index contributed by atoms with van der Waals surface area (Å²) in [5, 5.41) is 20.9. The summed E-state index contributed by atoms with van der Waals surface area (Å²) in [6.45, 7) is 1.92. The molecular formula is C36H31ClN4O5S2. The number of hydrogen-bond donors (Lipinski definition) is 4. The highest BCUT2D eigenvalue weighted by atomic mass is 35.5. The fourth-order valence-corrected chi connectivity index (χ4v) is 6.38. The lowest BCUT2D eigenvalue weighted by molar-refractivity contribution is -0.116. The first-order valence-corrected chi connectivity index (χ1v) is 16.9. The number of ether oxygens (including phenoxy) is 1. The summed E-state index contributed by atoms with van der Waals surface area (Å²) in [4.78, 5) is 45.2. The van der Waals surface area contributed by atoms with Gasteiger partial charge in [-0.05, 0) is 67.1 Å². The number of rotatable bonds is 12.